The average molecular weight is 353 g/mol. The van der Waals surface area contributed by atoms with Crippen molar-refractivity contribution in [2.24, 2.45) is 0 Å². The molecule has 0 saturated carbocycles. The second-order valence-corrected chi connectivity index (χ2v) is 6.38. The standard InChI is InChI=1S/C19H23N5O2/c1-4-9-24-19(20-12-21-24)14(3)22-18(26)11-23-13(2)10-17(25)15-7-5-6-8-16(15)23/h5-8,10,12,14H,4,9,11H2,1-3H3,(H,22,26)/t14-/m0/s1. The van der Waals surface area contributed by atoms with Crippen molar-refractivity contribution in [3.63, 3.8) is 0 Å². The van der Waals surface area contributed by atoms with Crippen molar-refractivity contribution in [2.75, 3.05) is 0 Å². The molecule has 0 aliphatic rings. The normalized spacial score (nSPS) is 12.3. The molecule has 0 bridgehead atoms. The quantitative estimate of drug-likeness (QED) is 0.736. The number of pyridine rings is 1. The molecule has 0 aliphatic carbocycles. The number of hydrogen-bond acceptors (Lipinski definition) is 4. The summed E-state index contributed by atoms with van der Waals surface area (Å²) in [5, 5.41) is 7.78. The maximum absolute atomic E-state index is 12.6. The fourth-order valence-corrected chi connectivity index (χ4v) is 3.15. The lowest BCUT2D eigenvalue weighted by Crippen LogP contribution is -2.32. The van der Waals surface area contributed by atoms with E-state index in [2.05, 4.69) is 22.3 Å². The highest BCUT2D eigenvalue weighted by molar-refractivity contribution is 5.82. The van der Waals surface area contributed by atoms with Crippen LogP contribution in [0.1, 0.15) is 37.8 Å². The van der Waals surface area contributed by atoms with Crippen molar-refractivity contribution in [2.45, 2.75) is 46.3 Å². The van der Waals surface area contributed by atoms with Gasteiger partial charge in [-0.15, -0.1) is 0 Å². The summed E-state index contributed by atoms with van der Waals surface area (Å²) >= 11 is 0. The Labute approximate surface area is 151 Å². The number of amides is 1. The number of carbonyl (C=O) groups excluding carboxylic acids is 1. The summed E-state index contributed by atoms with van der Waals surface area (Å²) in [6.45, 7) is 6.70. The minimum absolute atomic E-state index is 0.0317. The number of nitrogens with one attached hydrogen (secondary N) is 1. The first kappa shape index (κ1) is 17.8. The highest BCUT2D eigenvalue weighted by Crippen LogP contribution is 2.13. The van der Waals surface area contributed by atoms with E-state index in [0.29, 0.717) is 5.39 Å². The van der Waals surface area contributed by atoms with Crippen molar-refractivity contribution in [3.8, 4) is 0 Å². The average Bonchev–Trinajstić information content (AvgIpc) is 3.07. The second-order valence-electron chi connectivity index (χ2n) is 6.38. The number of rotatable bonds is 6. The number of aryl methyl sites for hydroxylation is 2. The number of aromatic nitrogens is 4. The van der Waals surface area contributed by atoms with Crippen LogP contribution < -0.4 is 10.7 Å². The molecule has 0 saturated heterocycles. The van der Waals surface area contributed by atoms with Crippen LogP contribution in [0.4, 0.5) is 0 Å². The zero-order valence-electron chi connectivity index (χ0n) is 15.3. The molecule has 7 heteroatoms. The van der Waals surface area contributed by atoms with E-state index in [1.54, 1.807) is 12.1 Å². The van der Waals surface area contributed by atoms with E-state index in [-0.39, 0.29) is 23.9 Å². The molecule has 3 aromatic rings. The lowest BCUT2D eigenvalue weighted by molar-refractivity contribution is -0.122. The molecule has 2 aromatic heterocycles. The third-order valence-electron chi connectivity index (χ3n) is 4.37. The molecule has 2 heterocycles. The molecule has 0 spiro atoms. The van der Waals surface area contributed by atoms with Gasteiger partial charge in [0.15, 0.2) is 5.43 Å². The Hall–Kier alpha value is -2.96. The molecule has 7 nitrogen and oxygen atoms in total. The van der Waals surface area contributed by atoms with Crippen LogP contribution in [0.25, 0.3) is 10.9 Å². The largest absolute Gasteiger partial charge is 0.345 e. The van der Waals surface area contributed by atoms with Crippen LogP contribution in [0.2, 0.25) is 0 Å². The SMILES string of the molecule is CCCn1ncnc1[C@H](C)NC(=O)Cn1c(C)cc(=O)c2ccccc21. The van der Waals surface area contributed by atoms with E-state index in [1.807, 2.05) is 41.3 Å². The Bertz CT molecular complexity index is 989. The van der Waals surface area contributed by atoms with E-state index < -0.39 is 0 Å². The Morgan fingerprint density at radius 1 is 1.31 bits per heavy atom. The smallest absolute Gasteiger partial charge is 0.240 e. The molecule has 1 aromatic carbocycles. The van der Waals surface area contributed by atoms with E-state index in [4.69, 9.17) is 0 Å². The van der Waals surface area contributed by atoms with Crippen LogP contribution in [-0.4, -0.2) is 25.2 Å². The minimum atomic E-state index is -0.248. The number of hydrogen-bond donors (Lipinski definition) is 1. The van der Waals surface area contributed by atoms with E-state index in [0.717, 1.165) is 30.0 Å². The van der Waals surface area contributed by atoms with Crippen molar-refractivity contribution >= 4 is 16.8 Å². The van der Waals surface area contributed by atoms with Gasteiger partial charge in [0, 0.05) is 23.7 Å². The summed E-state index contributed by atoms with van der Waals surface area (Å²) in [5.41, 5.74) is 1.48. The van der Waals surface area contributed by atoms with E-state index in [1.165, 1.54) is 6.33 Å². The number of para-hydroxylation sites is 1. The van der Waals surface area contributed by atoms with Crippen molar-refractivity contribution in [1.29, 1.82) is 0 Å². The lowest BCUT2D eigenvalue weighted by atomic mass is 10.2. The van der Waals surface area contributed by atoms with Crippen molar-refractivity contribution in [1.82, 2.24) is 24.6 Å². The molecular weight excluding hydrogens is 330 g/mol. The number of fused-ring (bicyclic) bond motifs is 1. The zero-order chi connectivity index (χ0) is 18.7. The lowest BCUT2D eigenvalue weighted by Gasteiger charge is -2.17. The Balaban J connectivity index is 1.81. The number of benzene rings is 1. The summed E-state index contributed by atoms with van der Waals surface area (Å²) in [5.74, 6) is 0.599. The van der Waals surface area contributed by atoms with Crippen molar-refractivity contribution in [3.05, 3.63) is 58.4 Å². The van der Waals surface area contributed by atoms with Crippen LogP contribution in [0.5, 0.6) is 0 Å². The monoisotopic (exact) mass is 353 g/mol. The van der Waals surface area contributed by atoms with Crippen molar-refractivity contribution < 1.29 is 4.79 Å². The number of nitrogens with zero attached hydrogens (tertiary/aromatic N) is 4. The van der Waals surface area contributed by atoms with Gasteiger partial charge in [-0.05, 0) is 32.4 Å². The molecule has 26 heavy (non-hydrogen) atoms. The molecule has 0 radical (unpaired) electrons. The highest BCUT2D eigenvalue weighted by Gasteiger charge is 2.16. The van der Waals surface area contributed by atoms with E-state index in [9.17, 15) is 9.59 Å². The van der Waals surface area contributed by atoms with Gasteiger partial charge in [0.2, 0.25) is 5.91 Å². The van der Waals surface area contributed by atoms with Gasteiger partial charge >= 0.3 is 0 Å². The predicted octanol–water partition coefficient (Wildman–Crippen LogP) is 2.19. The second kappa shape index (κ2) is 7.51. The molecule has 1 amide bonds. The van der Waals surface area contributed by atoms with Crippen LogP contribution in [0, 0.1) is 6.92 Å². The molecule has 3 rings (SSSR count). The topological polar surface area (TPSA) is 81.8 Å². The Morgan fingerprint density at radius 2 is 2.08 bits per heavy atom. The molecular formula is C19H23N5O2. The molecule has 0 unspecified atom stereocenters. The third-order valence-corrected chi connectivity index (χ3v) is 4.37. The fraction of sp³-hybridized carbons (Fsp3) is 0.368. The highest BCUT2D eigenvalue weighted by atomic mass is 16.2. The van der Waals surface area contributed by atoms with Gasteiger partial charge in [-0.2, -0.15) is 5.10 Å². The molecule has 0 aliphatic heterocycles. The first-order valence-corrected chi connectivity index (χ1v) is 8.77. The fourth-order valence-electron chi connectivity index (χ4n) is 3.15. The van der Waals surface area contributed by atoms with Crippen LogP contribution in [0.3, 0.4) is 0 Å². The van der Waals surface area contributed by atoms with Gasteiger partial charge in [0.05, 0.1) is 11.6 Å². The first-order valence-electron chi connectivity index (χ1n) is 8.77. The van der Waals surface area contributed by atoms with Crippen LogP contribution in [-0.2, 0) is 17.9 Å². The summed E-state index contributed by atoms with van der Waals surface area (Å²) in [6.07, 6.45) is 2.45. The maximum Gasteiger partial charge on any atom is 0.240 e. The Morgan fingerprint density at radius 3 is 2.85 bits per heavy atom. The Kier molecular flexibility index (Phi) is 5.16. The van der Waals surface area contributed by atoms with Gasteiger partial charge in [-0.1, -0.05) is 19.1 Å². The van der Waals surface area contributed by atoms with Gasteiger partial charge in [-0.25, -0.2) is 9.67 Å². The molecule has 136 valence electrons. The number of carbonyl (C=O) groups is 1. The summed E-state index contributed by atoms with van der Waals surface area (Å²) in [4.78, 5) is 29.0. The van der Waals surface area contributed by atoms with Crippen LogP contribution >= 0.6 is 0 Å². The minimum Gasteiger partial charge on any atom is -0.345 e. The van der Waals surface area contributed by atoms with Gasteiger partial charge in [-0.3, -0.25) is 9.59 Å². The predicted molar refractivity (Wildman–Crippen MR) is 99.8 cm³/mol. The van der Waals surface area contributed by atoms with Crippen LogP contribution in [0.15, 0.2) is 41.5 Å². The van der Waals surface area contributed by atoms with Gasteiger partial charge in [0.1, 0.15) is 18.7 Å². The van der Waals surface area contributed by atoms with E-state index >= 15 is 0 Å². The van der Waals surface area contributed by atoms with Gasteiger partial charge < -0.3 is 9.88 Å². The molecule has 1 atom stereocenters. The molecule has 1 N–H and O–H groups in total. The summed E-state index contributed by atoms with van der Waals surface area (Å²) < 4.78 is 3.67. The first-order chi connectivity index (χ1) is 12.5. The summed E-state index contributed by atoms with van der Waals surface area (Å²) in [6, 6.07) is 8.65. The molecule has 0 fully saturated rings. The third kappa shape index (κ3) is 3.51. The zero-order valence-corrected chi connectivity index (χ0v) is 15.3. The summed E-state index contributed by atoms with van der Waals surface area (Å²) in [7, 11) is 0. The van der Waals surface area contributed by atoms with Gasteiger partial charge in [0.25, 0.3) is 0 Å². The maximum atomic E-state index is 12.6.